The minimum atomic E-state index is -0.368. The smallest absolute Gasteiger partial charge is 0.231 e. The fourth-order valence-corrected chi connectivity index (χ4v) is 4.49. The van der Waals surface area contributed by atoms with E-state index in [1.165, 1.54) is 0 Å². The Morgan fingerprint density at radius 2 is 2.04 bits per heavy atom. The van der Waals surface area contributed by atoms with Gasteiger partial charge >= 0.3 is 0 Å². The van der Waals surface area contributed by atoms with E-state index in [1.54, 1.807) is 0 Å². The molecule has 3 aliphatic rings. The van der Waals surface area contributed by atoms with Crippen LogP contribution >= 0.6 is 0 Å². The zero-order chi connectivity index (χ0) is 18.9. The first-order valence-corrected chi connectivity index (χ1v) is 9.69. The van der Waals surface area contributed by atoms with Crippen LogP contribution in [0.1, 0.15) is 31.2 Å². The van der Waals surface area contributed by atoms with Crippen LogP contribution in [0.5, 0.6) is 11.5 Å². The summed E-state index contributed by atoms with van der Waals surface area (Å²) in [4.78, 5) is 14.5. The molecule has 0 bridgehead atoms. The molecular weight excluding hydrogens is 350 g/mol. The average Bonchev–Trinajstić information content (AvgIpc) is 3.17. The monoisotopic (exact) mass is 377 g/mol. The summed E-state index contributed by atoms with van der Waals surface area (Å²) >= 11 is 0. The van der Waals surface area contributed by atoms with Crippen LogP contribution in [-0.2, 0) is 16.0 Å². The van der Waals surface area contributed by atoms with Gasteiger partial charge in [0.2, 0.25) is 12.7 Å². The van der Waals surface area contributed by atoms with Gasteiger partial charge in [-0.15, -0.1) is 0 Å². The highest BCUT2D eigenvalue weighted by atomic mass is 16.7. The van der Waals surface area contributed by atoms with Gasteiger partial charge in [-0.1, -0.05) is 6.07 Å². The molecule has 1 aliphatic carbocycles. The number of carbonyl (C=O) groups is 1. The van der Waals surface area contributed by atoms with Crippen LogP contribution in [0, 0.1) is 5.41 Å². The second kappa shape index (κ2) is 7.66. The molecule has 27 heavy (non-hydrogen) atoms. The fourth-order valence-electron chi connectivity index (χ4n) is 4.49. The molecule has 1 saturated heterocycles. The second-order valence-corrected chi connectivity index (χ2v) is 7.64. The van der Waals surface area contributed by atoms with E-state index in [2.05, 4.69) is 0 Å². The summed E-state index contributed by atoms with van der Waals surface area (Å²) in [6.45, 7) is 1.85. The van der Waals surface area contributed by atoms with Gasteiger partial charge in [-0.3, -0.25) is 4.79 Å². The summed E-state index contributed by atoms with van der Waals surface area (Å²) in [5, 5.41) is 19.2. The lowest BCUT2D eigenvalue weighted by molar-refractivity contribution is -0.213. The number of rotatable bonds is 6. The van der Waals surface area contributed by atoms with Crippen molar-refractivity contribution in [3.05, 3.63) is 23.8 Å². The first-order chi connectivity index (χ1) is 13.1. The largest absolute Gasteiger partial charge is 0.454 e. The number of aliphatic hydroxyl groups excluding tert-OH is 2. The first-order valence-electron chi connectivity index (χ1n) is 9.69. The van der Waals surface area contributed by atoms with Gasteiger partial charge in [0.15, 0.2) is 11.5 Å². The maximum atomic E-state index is 12.6. The van der Waals surface area contributed by atoms with Crippen LogP contribution in [0.4, 0.5) is 0 Å². The third kappa shape index (κ3) is 3.51. The van der Waals surface area contributed by atoms with E-state index in [0.29, 0.717) is 39.0 Å². The second-order valence-electron chi connectivity index (χ2n) is 7.64. The molecule has 7 heteroatoms. The summed E-state index contributed by atoms with van der Waals surface area (Å²) in [6, 6.07) is 5.80. The standard InChI is InChI=1S/C20H27NO6/c22-9-10-25-18-12-17(23)20(18)5-7-21(8-6-20)19(24)4-2-14-1-3-15-16(11-14)27-13-26-15/h1,3,11,17-18,22-23H,2,4-10,12-13H2/t17-,18+/m1/s1. The van der Waals surface area contributed by atoms with E-state index in [1.807, 2.05) is 23.1 Å². The number of aliphatic hydroxyl groups is 2. The molecule has 148 valence electrons. The number of aryl methyl sites for hydroxylation is 1. The van der Waals surface area contributed by atoms with Crippen LogP contribution in [-0.4, -0.2) is 66.3 Å². The number of likely N-dealkylation sites (tertiary alicyclic amines) is 1. The lowest BCUT2D eigenvalue weighted by Gasteiger charge is -2.56. The van der Waals surface area contributed by atoms with Crippen molar-refractivity contribution < 1.29 is 29.2 Å². The summed E-state index contributed by atoms with van der Waals surface area (Å²) < 4.78 is 16.4. The van der Waals surface area contributed by atoms with Crippen molar-refractivity contribution in [3.8, 4) is 11.5 Å². The van der Waals surface area contributed by atoms with Crippen molar-refractivity contribution in [2.75, 3.05) is 33.1 Å². The van der Waals surface area contributed by atoms with E-state index in [-0.39, 0.29) is 36.9 Å². The molecular formula is C20H27NO6. The van der Waals surface area contributed by atoms with Crippen LogP contribution in [0.25, 0.3) is 0 Å². The predicted octanol–water partition coefficient (Wildman–Crippen LogP) is 1.10. The summed E-state index contributed by atoms with van der Waals surface area (Å²) in [5.41, 5.74) is 0.816. The van der Waals surface area contributed by atoms with E-state index >= 15 is 0 Å². The molecule has 2 fully saturated rings. The van der Waals surface area contributed by atoms with Crippen LogP contribution < -0.4 is 9.47 Å². The molecule has 0 unspecified atom stereocenters. The summed E-state index contributed by atoms with van der Waals surface area (Å²) in [5.74, 6) is 1.64. The van der Waals surface area contributed by atoms with E-state index in [9.17, 15) is 9.90 Å². The molecule has 0 radical (unpaired) electrons. The first kappa shape index (κ1) is 18.5. The van der Waals surface area contributed by atoms with Gasteiger partial charge in [0, 0.05) is 31.3 Å². The van der Waals surface area contributed by atoms with Crippen LogP contribution in [0.3, 0.4) is 0 Å². The number of ether oxygens (including phenoxy) is 3. The number of hydrogen-bond donors (Lipinski definition) is 2. The molecule has 0 aromatic heterocycles. The molecule has 2 aliphatic heterocycles. The van der Waals surface area contributed by atoms with E-state index in [4.69, 9.17) is 19.3 Å². The Hall–Kier alpha value is -1.83. The highest BCUT2D eigenvalue weighted by molar-refractivity contribution is 5.76. The zero-order valence-electron chi connectivity index (χ0n) is 15.4. The van der Waals surface area contributed by atoms with Gasteiger partial charge in [-0.25, -0.2) is 0 Å². The number of fused-ring (bicyclic) bond motifs is 1. The highest BCUT2D eigenvalue weighted by Crippen LogP contribution is 2.51. The van der Waals surface area contributed by atoms with E-state index in [0.717, 1.165) is 29.9 Å². The SMILES string of the molecule is O=C(CCc1ccc2c(c1)OCO2)N1CCC2(CC1)[C@H](O)C[C@@H]2OCCO. The Bertz CT molecular complexity index is 685. The zero-order valence-corrected chi connectivity index (χ0v) is 15.4. The topological polar surface area (TPSA) is 88.5 Å². The van der Waals surface area contributed by atoms with Gasteiger partial charge in [-0.05, 0) is 37.0 Å². The Balaban J connectivity index is 1.27. The number of amides is 1. The molecule has 2 N–H and O–H groups in total. The molecule has 7 nitrogen and oxygen atoms in total. The Labute approximate surface area is 158 Å². The number of hydrogen-bond acceptors (Lipinski definition) is 6. The van der Waals surface area contributed by atoms with Crippen LogP contribution in [0.2, 0.25) is 0 Å². The molecule has 4 rings (SSSR count). The molecule has 1 aromatic rings. The highest BCUT2D eigenvalue weighted by Gasteiger charge is 2.56. The summed E-state index contributed by atoms with van der Waals surface area (Å²) in [7, 11) is 0. The fraction of sp³-hybridized carbons (Fsp3) is 0.650. The third-order valence-electron chi connectivity index (χ3n) is 6.26. The van der Waals surface area contributed by atoms with Crippen molar-refractivity contribution in [1.82, 2.24) is 4.90 Å². The van der Waals surface area contributed by atoms with Gasteiger partial charge in [0.25, 0.3) is 0 Å². The van der Waals surface area contributed by atoms with Crippen molar-refractivity contribution in [1.29, 1.82) is 0 Å². The predicted molar refractivity (Wildman–Crippen MR) is 96.6 cm³/mol. The van der Waals surface area contributed by atoms with Crippen molar-refractivity contribution in [2.24, 2.45) is 5.41 Å². The Kier molecular flexibility index (Phi) is 5.25. The van der Waals surface area contributed by atoms with Gasteiger partial charge in [-0.2, -0.15) is 0 Å². The third-order valence-corrected chi connectivity index (χ3v) is 6.26. The minimum absolute atomic E-state index is 0.00680. The Morgan fingerprint density at radius 1 is 1.26 bits per heavy atom. The minimum Gasteiger partial charge on any atom is -0.454 e. The quantitative estimate of drug-likeness (QED) is 0.772. The molecule has 1 aromatic carbocycles. The number of piperidine rings is 1. The molecule has 1 saturated carbocycles. The number of carbonyl (C=O) groups excluding carboxylic acids is 1. The number of benzene rings is 1. The molecule has 2 atom stereocenters. The Morgan fingerprint density at radius 3 is 2.78 bits per heavy atom. The van der Waals surface area contributed by atoms with Gasteiger partial charge in [0.05, 0.1) is 25.4 Å². The van der Waals surface area contributed by atoms with Crippen molar-refractivity contribution in [2.45, 2.75) is 44.3 Å². The maximum Gasteiger partial charge on any atom is 0.231 e. The van der Waals surface area contributed by atoms with Crippen LogP contribution in [0.15, 0.2) is 18.2 Å². The molecule has 1 spiro atoms. The molecule has 2 heterocycles. The molecule has 1 amide bonds. The maximum absolute atomic E-state index is 12.6. The summed E-state index contributed by atoms with van der Waals surface area (Å²) in [6.07, 6.45) is 2.87. The normalized spacial score (nSPS) is 25.5. The lowest BCUT2D eigenvalue weighted by Crippen LogP contribution is -2.62. The van der Waals surface area contributed by atoms with Crippen molar-refractivity contribution in [3.63, 3.8) is 0 Å². The number of nitrogens with zero attached hydrogens (tertiary/aromatic N) is 1. The van der Waals surface area contributed by atoms with Gasteiger partial charge < -0.3 is 29.3 Å². The van der Waals surface area contributed by atoms with E-state index < -0.39 is 0 Å². The average molecular weight is 377 g/mol. The van der Waals surface area contributed by atoms with Crippen molar-refractivity contribution >= 4 is 5.91 Å². The van der Waals surface area contributed by atoms with Gasteiger partial charge in [0.1, 0.15) is 0 Å². The lowest BCUT2D eigenvalue weighted by atomic mass is 9.58.